The molecule has 0 aromatic carbocycles. The van der Waals surface area contributed by atoms with Crippen LogP contribution in [0.5, 0.6) is 0 Å². The van der Waals surface area contributed by atoms with E-state index >= 15 is 0 Å². The molecule has 0 radical (unpaired) electrons. The summed E-state index contributed by atoms with van der Waals surface area (Å²) in [6.07, 6.45) is 1.50. The Morgan fingerprint density at radius 2 is 2.42 bits per heavy atom. The van der Waals surface area contributed by atoms with E-state index in [1.54, 1.807) is 0 Å². The predicted molar refractivity (Wildman–Crippen MR) is 44.8 cm³/mol. The second-order valence-electron chi connectivity index (χ2n) is 3.69. The Labute approximate surface area is 73.0 Å². The minimum atomic E-state index is -0.333. The van der Waals surface area contributed by atoms with Gasteiger partial charge in [-0.25, -0.2) is 4.79 Å². The normalized spacial score (nSPS) is 35.1. The molecule has 0 aliphatic carbocycles. The lowest BCUT2D eigenvalue weighted by Crippen LogP contribution is -2.22. The molecule has 1 heterocycles. The predicted octanol–water partition coefficient (Wildman–Crippen LogP) is 1.36. The summed E-state index contributed by atoms with van der Waals surface area (Å²) >= 11 is 0. The molecule has 0 spiro atoms. The highest BCUT2D eigenvalue weighted by molar-refractivity contribution is 5.74. The van der Waals surface area contributed by atoms with Crippen LogP contribution in [0.2, 0.25) is 0 Å². The number of methoxy groups -OCH3 is 1. The van der Waals surface area contributed by atoms with E-state index in [1.807, 2.05) is 0 Å². The van der Waals surface area contributed by atoms with Gasteiger partial charge in [0, 0.05) is 0 Å². The second kappa shape index (κ2) is 3.44. The third-order valence-corrected chi connectivity index (χ3v) is 2.63. The Bertz CT molecular complexity index is 179. The number of hydrogen-bond acceptors (Lipinski definition) is 3. The molecule has 0 aromatic rings. The van der Waals surface area contributed by atoms with Crippen LogP contribution < -0.4 is 0 Å². The largest absolute Gasteiger partial charge is 0.467 e. The van der Waals surface area contributed by atoms with Gasteiger partial charge in [0.1, 0.15) is 0 Å². The zero-order valence-corrected chi connectivity index (χ0v) is 7.92. The van der Waals surface area contributed by atoms with Crippen LogP contribution in [0, 0.1) is 5.41 Å². The molecule has 3 nitrogen and oxygen atoms in total. The summed E-state index contributed by atoms with van der Waals surface area (Å²) in [4.78, 5) is 11.1. The van der Waals surface area contributed by atoms with Crippen LogP contribution in [-0.2, 0) is 14.3 Å². The van der Waals surface area contributed by atoms with Crippen LogP contribution >= 0.6 is 0 Å². The molecule has 1 aliphatic heterocycles. The van der Waals surface area contributed by atoms with E-state index in [2.05, 4.69) is 18.6 Å². The summed E-state index contributed by atoms with van der Waals surface area (Å²) in [5.74, 6) is -0.243. The van der Waals surface area contributed by atoms with Gasteiger partial charge in [-0.2, -0.15) is 0 Å². The highest BCUT2D eigenvalue weighted by atomic mass is 16.6. The Hall–Kier alpha value is -0.570. The summed E-state index contributed by atoms with van der Waals surface area (Å²) in [6, 6.07) is 0. The van der Waals surface area contributed by atoms with Crippen LogP contribution in [0.4, 0.5) is 0 Å². The van der Waals surface area contributed by atoms with E-state index in [1.165, 1.54) is 7.11 Å². The molecule has 0 bridgehead atoms. The first-order chi connectivity index (χ1) is 5.61. The van der Waals surface area contributed by atoms with Gasteiger partial charge in [-0.1, -0.05) is 13.8 Å². The Morgan fingerprint density at radius 3 is 2.83 bits per heavy atom. The minimum absolute atomic E-state index is 0.166. The van der Waals surface area contributed by atoms with Crippen molar-refractivity contribution in [3.05, 3.63) is 0 Å². The van der Waals surface area contributed by atoms with E-state index in [9.17, 15) is 4.79 Å². The first-order valence-electron chi connectivity index (χ1n) is 4.31. The molecule has 1 fully saturated rings. The zero-order valence-electron chi connectivity index (χ0n) is 7.92. The monoisotopic (exact) mass is 172 g/mol. The molecule has 0 amide bonds. The Kier molecular flexibility index (Phi) is 2.73. The lowest BCUT2D eigenvalue weighted by atomic mass is 9.85. The molecule has 1 saturated heterocycles. The Balaban J connectivity index is 2.50. The maximum atomic E-state index is 11.1. The lowest BCUT2D eigenvalue weighted by Gasteiger charge is -2.18. The lowest BCUT2D eigenvalue weighted by molar-refractivity contribution is -0.151. The van der Waals surface area contributed by atoms with Crippen molar-refractivity contribution in [1.82, 2.24) is 0 Å². The molecule has 12 heavy (non-hydrogen) atoms. The molecular weight excluding hydrogens is 156 g/mol. The molecule has 2 atom stereocenters. The fourth-order valence-electron chi connectivity index (χ4n) is 1.40. The number of ether oxygens (including phenoxy) is 2. The summed E-state index contributed by atoms with van der Waals surface area (Å²) in [5.41, 5.74) is 0.166. The minimum Gasteiger partial charge on any atom is -0.467 e. The van der Waals surface area contributed by atoms with Crippen molar-refractivity contribution in [3.8, 4) is 0 Å². The van der Waals surface area contributed by atoms with Gasteiger partial charge in [0.05, 0.1) is 13.7 Å². The summed E-state index contributed by atoms with van der Waals surface area (Å²) < 4.78 is 9.95. The van der Waals surface area contributed by atoms with Crippen molar-refractivity contribution in [3.63, 3.8) is 0 Å². The second-order valence-corrected chi connectivity index (χ2v) is 3.69. The first kappa shape index (κ1) is 9.52. The third kappa shape index (κ3) is 1.78. The average Bonchev–Trinajstić information content (AvgIpc) is 2.48. The molecule has 1 rings (SSSR count). The maximum absolute atomic E-state index is 11.1. The molecule has 0 aromatic heterocycles. The van der Waals surface area contributed by atoms with Crippen molar-refractivity contribution in [1.29, 1.82) is 0 Å². The van der Waals surface area contributed by atoms with Gasteiger partial charge in [-0.15, -0.1) is 0 Å². The van der Waals surface area contributed by atoms with Gasteiger partial charge in [0.25, 0.3) is 0 Å². The van der Waals surface area contributed by atoms with Gasteiger partial charge < -0.3 is 9.47 Å². The van der Waals surface area contributed by atoms with E-state index in [-0.39, 0.29) is 17.5 Å². The van der Waals surface area contributed by atoms with Crippen molar-refractivity contribution in [2.75, 3.05) is 13.7 Å². The smallest absolute Gasteiger partial charge is 0.334 e. The molecule has 70 valence electrons. The highest BCUT2D eigenvalue weighted by Crippen LogP contribution is 2.35. The first-order valence-corrected chi connectivity index (χ1v) is 4.31. The molecule has 2 unspecified atom stereocenters. The summed E-state index contributed by atoms with van der Waals surface area (Å²) in [7, 11) is 1.40. The maximum Gasteiger partial charge on any atom is 0.334 e. The number of esters is 1. The standard InChI is InChI=1S/C9H16O3/c1-4-9(2)5-7(12-6-9)8(10)11-3/h7H,4-6H2,1-3H3. The van der Waals surface area contributed by atoms with Crippen molar-refractivity contribution in [2.24, 2.45) is 5.41 Å². The van der Waals surface area contributed by atoms with Crippen molar-refractivity contribution < 1.29 is 14.3 Å². The van der Waals surface area contributed by atoms with Crippen molar-refractivity contribution >= 4 is 5.97 Å². The van der Waals surface area contributed by atoms with Crippen LogP contribution in [0.3, 0.4) is 0 Å². The van der Waals surface area contributed by atoms with E-state index in [0.717, 1.165) is 12.8 Å². The number of carbonyl (C=O) groups is 1. The van der Waals surface area contributed by atoms with E-state index in [0.29, 0.717) is 6.61 Å². The average molecular weight is 172 g/mol. The SMILES string of the molecule is CCC1(C)COC(C(=O)OC)C1. The molecule has 1 aliphatic rings. The van der Waals surface area contributed by atoms with Crippen LogP contribution in [0.25, 0.3) is 0 Å². The van der Waals surface area contributed by atoms with Crippen LogP contribution in [-0.4, -0.2) is 25.8 Å². The summed E-state index contributed by atoms with van der Waals surface area (Å²) in [5, 5.41) is 0. The topological polar surface area (TPSA) is 35.5 Å². The molecule has 0 N–H and O–H groups in total. The van der Waals surface area contributed by atoms with Gasteiger partial charge in [0.15, 0.2) is 6.10 Å². The van der Waals surface area contributed by atoms with Gasteiger partial charge in [-0.05, 0) is 18.3 Å². The van der Waals surface area contributed by atoms with E-state index in [4.69, 9.17) is 4.74 Å². The van der Waals surface area contributed by atoms with Crippen LogP contribution in [0.1, 0.15) is 26.7 Å². The Morgan fingerprint density at radius 1 is 1.75 bits per heavy atom. The molecule has 0 saturated carbocycles. The van der Waals surface area contributed by atoms with Crippen molar-refractivity contribution in [2.45, 2.75) is 32.8 Å². The number of rotatable bonds is 2. The third-order valence-electron chi connectivity index (χ3n) is 2.63. The highest BCUT2D eigenvalue weighted by Gasteiger charge is 2.38. The molecule has 3 heteroatoms. The fraction of sp³-hybridized carbons (Fsp3) is 0.889. The molecular formula is C9H16O3. The van der Waals surface area contributed by atoms with Gasteiger partial charge in [0.2, 0.25) is 0 Å². The van der Waals surface area contributed by atoms with Crippen LogP contribution in [0.15, 0.2) is 0 Å². The fourth-order valence-corrected chi connectivity index (χ4v) is 1.40. The number of carbonyl (C=O) groups excluding carboxylic acids is 1. The van der Waals surface area contributed by atoms with E-state index < -0.39 is 0 Å². The summed E-state index contributed by atoms with van der Waals surface area (Å²) in [6.45, 7) is 4.92. The zero-order chi connectivity index (χ0) is 9.19. The quantitative estimate of drug-likeness (QED) is 0.590. The van der Waals surface area contributed by atoms with Gasteiger partial charge in [-0.3, -0.25) is 0 Å². The van der Waals surface area contributed by atoms with Gasteiger partial charge >= 0.3 is 5.97 Å². The number of hydrogen-bond donors (Lipinski definition) is 0.